The van der Waals surface area contributed by atoms with E-state index in [1.807, 2.05) is 10.5 Å². The number of imidazole rings is 1. The number of fused-ring (bicyclic) bond motifs is 3. The Hall–Kier alpha value is -2.67. The minimum Gasteiger partial charge on any atom is -0.395 e. The average Bonchev–Trinajstić information content (AvgIpc) is 3.14. The molecule has 1 fully saturated rings. The van der Waals surface area contributed by atoms with Crippen LogP contribution in [0.5, 0.6) is 0 Å². The van der Waals surface area contributed by atoms with Crippen LogP contribution in [0.3, 0.4) is 0 Å². The van der Waals surface area contributed by atoms with E-state index in [-0.39, 0.29) is 24.6 Å². The third-order valence-electron chi connectivity index (χ3n) is 5.51. The van der Waals surface area contributed by atoms with Crippen molar-refractivity contribution in [1.82, 2.24) is 19.3 Å². The molecule has 2 aromatic heterocycles. The SMILES string of the molecule is CN(CCO)C(=O)c1ccc2c(c1)[nH]c(=O)c1cnc(C3CCCCC3)n12. The molecule has 0 unspecified atom stereocenters. The summed E-state index contributed by atoms with van der Waals surface area (Å²) < 4.78 is 1.95. The Morgan fingerprint density at radius 1 is 1.30 bits per heavy atom. The molecular weight excluding hydrogens is 344 g/mol. The van der Waals surface area contributed by atoms with Gasteiger partial charge in [-0.3, -0.25) is 14.0 Å². The van der Waals surface area contributed by atoms with E-state index in [1.54, 1.807) is 25.4 Å². The number of amides is 1. The topological polar surface area (TPSA) is 90.7 Å². The minimum atomic E-state index is -0.203. The number of hydrogen-bond donors (Lipinski definition) is 2. The van der Waals surface area contributed by atoms with E-state index >= 15 is 0 Å². The molecule has 0 aliphatic heterocycles. The second-order valence-electron chi connectivity index (χ2n) is 7.31. The number of aliphatic hydroxyl groups excluding tert-OH is 1. The number of likely N-dealkylation sites (N-methyl/N-ethyl adjacent to an activating group) is 1. The van der Waals surface area contributed by atoms with E-state index in [4.69, 9.17) is 5.11 Å². The number of nitrogens with one attached hydrogen (secondary N) is 1. The Morgan fingerprint density at radius 2 is 2.07 bits per heavy atom. The summed E-state index contributed by atoms with van der Waals surface area (Å²) in [7, 11) is 1.64. The predicted molar refractivity (Wildman–Crippen MR) is 103 cm³/mol. The van der Waals surface area contributed by atoms with Crippen molar-refractivity contribution in [1.29, 1.82) is 0 Å². The second kappa shape index (κ2) is 7.15. The predicted octanol–water partition coefficient (Wildman–Crippen LogP) is 2.29. The standard InChI is InChI=1S/C20H24N4O3/c1-23(9-10-25)20(27)14-7-8-16-15(11-14)22-19(26)17-12-21-18(24(16)17)13-5-3-2-4-6-13/h7-8,11-13,25H,2-6,9-10H2,1H3,(H,22,26). The van der Waals surface area contributed by atoms with Gasteiger partial charge in [0.15, 0.2) is 0 Å². The fourth-order valence-corrected chi connectivity index (χ4v) is 4.05. The van der Waals surface area contributed by atoms with Crippen LogP contribution >= 0.6 is 0 Å². The lowest BCUT2D eigenvalue weighted by molar-refractivity contribution is 0.0767. The van der Waals surface area contributed by atoms with Gasteiger partial charge in [-0.25, -0.2) is 4.98 Å². The summed E-state index contributed by atoms with van der Waals surface area (Å²) in [6.07, 6.45) is 7.48. The minimum absolute atomic E-state index is 0.0902. The van der Waals surface area contributed by atoms with Crippen molar-refractivity contribution in [2.45, 2.75) is 38.0 Å². The lowest BCUT2D eigenvalue weighted by Crippen LogP contribution is -2.29. The van der Waals surface area contributed by atoms with Crippen LogP contribution < -0.4 is 5.56 Å². The van der Waals surface area contributed by atoms with Gasteiger partial charge in [-0.1, -0.05) is 19.3 Å². The molecule has 0 atom stereocenters. The van der Waals surface area contributed by atoms with Gasteiger partial charge in [-0.2, -0.15) is 0 Å². The number of benzene rings is 1. The zero-order chi connectivity index (χ0) is 19.0. The van der Waals surface area contributed by atoms with Crippen molar-refractivity contribution >= 4 is 22.5 Å². The summed E-state index contributed by atoms with van der Waals surface area (Å²) in [4.78, 5) is 34.0. The van der Waals surface area contributed by atoms with Crippen LogP contribution in [0.2, 0.25) is 0 Å². The maximum atomic E-state index is 12.6. The van der Waals surface area contributed by atoms with Gasteiger partial charge in [-0.05, 0) is 31.0 Å². The zero-order valence-corrected chi connectivity index (χ0v) is 15.4. The first-order chi connectivity index (χ1) is 13.1. The Kier molecular flexibility index (Phi) is 4.70. The first-order valence-corrected chi connectivity index (χ1v) is 9.50. The molecule has 2 heterocycles. The molecule has 4 rings (SSSR count). The highest BCUT2D eigenvalue weighted by molar-refractivity contribution is 5.97. The number of aromatic nitrogens is 3. The molecule has 7 nitrogen and oxygen atoms in total. The van der Waals surface area contributed by atoms with Gasteiger partial charge in [0, 0.05) is 25.1 Å². The normalized spacial score (nSPS) is 15.5. The van der Waals surface area contributed by atoms with Gasteiger partial charge in [0.1, 0.15) is 11.3 Å². The molecule has 7 heteroatoms. The van der Waals surface area contributed by atoms with Crippen LogP contribution in [0.1, 0.15) is 54.2 Å². The molecule has 0 spiro atoms. The molecule has 2 N–H and O–H groups in total. The largest absolute Gasteiger partial charge is 0.395 e. The van der Waals surface area contributed by atoms with Crippen LogP contribution in [0.4, 0.5) is 0 Å². The fourth-order valence-electron chi connectivity index (χ4n) is 4.05. The molecular formula is C20H24N4O3. The molecule has 1 saturated carbocycles. The van der Waals surface area contributed by atoms with Crippen molar-refractivity contribution < 1.29 is 9.90 Å². The first kappa shape index (κ1) is 17.7. The Bertz CT molecular complexity index is 1050. The Morgan fingerprint density at radius 3 is 2.81 bits per heavy atom. The summed E-state index contributed by atoms with van der Waals surface area (Å²) >= 11 is 0. The number of rotatable bonds is 4. The molecule has 0 bridgehead atoms. The molecule has 1 aromatic carbocycles. The lowest BCUT2D eigenvalue weighted by atomic mass is 9.89. The van der Waals surface area contributed by atoms with Crippen molar-refractivity contribution in [2.24, 2.45) is 0 Å². The number of aromatic amines is 1. The van der Waals surface area contributed by atoms with E-state index < -0.39 is 0 Å². The summed E-state index contributed by atoms with van der Waals surface area (Å²) in [5.41, 5.74) is 2.28. The highest BCUT2D eigenvalue weighted by atomic mass is 16.3. The molecule has 142 valence electrons. The third-order valence-corrected chi connectivity index (χ3v) is 5.51. The first-order valence-electron chi connectivity index (χ1n) is 9.50. The maximum Gasteiger partial charge on any atom is 0.274 e. The Labute approximate surface area is 156 Å². The highest BCUT2D eigenvalue weighted by Crippen LogP contribution is 2.32. The van der Waals surface area contributed by atoms with Crippen LogP contribution in [-0.4, -0.2) is 50.5 Å². The van der Waals surface area contributed by atoms with E-state index in [9.17, 15) is 9.59 Å². The number of carbonyl (C=O) groups is 1. The number of nitrogens with zero attached hydrogens (tertiary/aromatic N) is 3. The Balaban J connectivity index is 1.84. The molecule has 27 heavy (non-hydrogen) atoms. The highest BCUT2D eigenvalue weighted by Gasteiger charge is 2.22. The molecule has 1 aliphatic rings. The summed E-state index contributed by atoms with van der Waals surface area (Å²) in [5.74, 6) is 1.12. The van der Waals surface area contributed by atoms with Crippen molar-refractivity contribution in [3.63, 3.8) is 0 Å². The van der Waals surface area contributed by atoms with Gasteiger partial charge in [0.25, 0.3) is 11.5 Å². The number of hydrogen-bond acceptors (Lipinski definition) is 4. The molecule has 0 radical (unpaired) electrons. The number of aliphatic hydroxyl groups is 1. The number of carbonyl (C=O) groups excluding carboxylic acids is 1. The monoisotopic (exact) mass is 368 g/mol. The van der Waals surface area contributed by atoms with Gasteiger partial charge in [0.2, 0.25) is 0 Å². The molecule has 1 aliphatic carbocycles. The van der Waals surface area contributed by atoms with Gasteiger partial charge >= 0.3 is 0 Å². The van der Waals surface area contributed by atoms with Crippen LogP contribution in [-0.2, 0) is 0 Å². The van der Waals surface area contributed by atoms with Gasteiger partial charge in [-0.15, -0.1) is 0 Å². The third kappa shape index (κ3) is 3.12. The van der Waals surface area contributed by atoms with E-state index in [0.717, 1.165) is 24.2 Å². The molecule has 3 aromatic rings. The summed E-state index contributed by atoms with van der Waals surface area (Å²) in [6, 6.07) is 5.34. The lowest BCUT2D eigenvalue weighted by Gasteiger charge is -2.21. The van der Waals surface area contributed by atoms with Crippen molar-refractivity contribution in [3.8, 4) is 0 Å². The summed E-state index contributed by atoms with van der Waals surface area (Å²) in [6.45, 7) is 0.173. The molecule has 1 amide bonds. The van der Waals surface area contributed by atoms with Crippen LogP contribution in [0.25, 0.3) is 16.6 Å². The summed E-state index contributed by atoms with van der Waals surface area (Å²) in [5, 5.41) is 9.04. The second-order valence-corrected chi connectivity index (χ2v) is 7.31. The van der Waals surface area contributed by atoms with E-state index in [0.29, 0.717) is 22.5 Å². The zero-order valence-electron chi connectivity index (χ0n) is 15.4. The number of H-pyrrole nitrogens is 1. The fraction of sp³-hybridized carbons (Fsp3) is 0.450. The average molecular weight is 368 g/mol. The van der Waals surface area contributed by atoms with E-state index in [1.165, 1.54) is 24.2 Å². The van der Waals surface area contributed by atoms with Crippen molar-refractivity contribution in [2.75, 3.05) is 20.2 Å². The van der Waals surface area contributed by atoms with Gasteiger partial charge in [0.05, 0.1) is 23.8 Å². The van der Waals surface area contributed by atoms with E-state index in [2.05, 4.69) is 9.97 Å². The van der Waals surface area contributed by atoms with Crippen LogP contribution in [0, 0.1) is 0 Å². The quantitative estimate of drug-likeness (QED) is 0.739. The molecule has 0 saturated heterocycles. The van der Waals surface area contributed by atoms with Gasteiger partial charge < -0.3 is 15.0 Å². The van der Waals surface area contributed by atoms with Crippen LogP contribution in [0.15, 0.2) is 29.2 Å². The van der Waals surface area contributed by atoms with Crippen molar-refractivity contribution in [3.05, 3.63) is 46.1 Å². The maximum absolute atomic E-state index is 12.6. The smallest absolute Gasteiger partial charge is 0.274 e.